The van der Waals surface area contributed by atoms with Crippen LogP contribution in [0.15, 0.2) is 30.3 Å². The molecule has 2 fully saturated rings. The third-order valence-electron chi connectivity index (χ3n) is 5.60. The lowest BCUT2D eigenvalue weighted by atomic mass is 10.00. The van der Waals surface area contributed by atoms with E-state index in [1.165, 1.54) is 12.8 Å². The fourth-order valence-corrected chi connectivity index (χ4v) is 4.00. The quantitative estimate of drug-likeness (QED) is 0.591. The molecule has 0 saturated carbocycles. The molecule has 150 valence electrons. The minimum atomic E-state index is -0.216. The van der Waals surface area contributed by atoms with Crippen molar-refractivity contribution in [2.45, 2.75) is 95.5 Å². The molecule has 2 aliphatic heterocycles. The van der Waals surface area contributed by atoms with Gasteiger partial charge in [-0.25, -0.2) is 0 Å². The number of ether oxygens (including phenoxy) is 3. The lowest BCUT2D eigenvalue weighted by Crippen LogP contribution is -2.22. The first-order valence-electron chi connectivity index (χ1n) is 10.8. The van der Waals surface area contributed by atoms with Crippen LogP contribution >= 0.6 is 0 Å². The Balaban J connectivity index is 1.52. The molecule has 2 heterocycles. The summed E-state index contributed by atoms with van der Waals surface area (Å²) < 4.78 is 17.9. The van der Waals surface area contributed by atoms with Crippen LogP contribution < -0.4 is 0 Å². The van der Waals surface area contributed by atoms with Gasteiger partial charge in [0.15, 0.2) is 6.29 Å². The maximum Gasteiger partial charge on any atom is 0.305 e. The topological polar surface area (TPSA) is 44.8 Å². The smallest absolute Gasteiger partial charge is 0.305 e. The summed E-state index contributed by atoms with van der Waals surface area (Å²) in [6.45, 7) is 0.570. The Hall–Kier alpha value is -1.39. The predicted octanol–water partition coefficient (Wildman–Crippen LogP) is 5.71. The molecule has 0 unspecified atom stereocenters. The molecule has 4 nitrogen and oxygen atoms in total. The molecule has 0 amide bonds. The standard InChI is InChI=1S/C23H34O4/c24-22-17-11-3-1-2-9-15-20-21(16-10-4-5-12-18-25-22)27-23(26-20)19-13-7-6-8-14-19/h6-8,13-14,20-21,23H,1-5,9-12,15-18H2/t20-,21+,23-/m0/s1. The molecule has 0 N–H and O–H groups in total. The normalized spacial score (nSPS) is 29.5. The monoisotopic (exact) mass is 374 g/mol. The van der Waals surface area contributed by atoms with Crippen molar-refractivity contribution in [2.75, 3.05) is 6.61 Å². The Labute approximate surface area is 163 Å². The number of hydrogen-bond donors (Lipinski definition) is 0. The molecule has 1 aromatic carbocycles. The zero-order valence-corrected chi connectivity index (χ0v) is 16.4. The molecule has 0 aliphatic carbocycles. The zero-order chi connectivity index (χ0) is 18.7. The molecular formula is C23H34O4. The summed E-state index contributed by atoms with van der Waals surface area (Å²) in [6, 6.07) is 10.3. The largest absolute Gasteiger partial charge is 0.466 e. The molecular weight excluding hydrogens is 340 g/mol. The summed E-state index contributed by atoms with van der Waals surface area (Å²) in [5.41, 5.74) is 1.12. The zero-order valence-electron chi connectivity index (χ0n) is 16.4. The lowest BCUT2D eigenvalue weighted by molar-refractivity contribution is -0.143. The molecule has 2 aliphatic rings. The van der Waals surface area contributed by atoms with Crippen LogP contribution in [0.3, 0.4) is 0 Å². The summed E-state index contributed by atoms with van der Waals surface area (Å²) in [4.78, 5) is 11.7. The maximum absolute atomic E-state index is 11.7. The average molecular weight is 375 g/mol. The first-order chi connectivity index (χ1) is 13.3. The van der Waals surface area contributed by atoms with Gasteiger partial charge in [-0.1, -0.05) is 75.3 Å². The van der Waals surface area contributed by atoms with Gasteiger partial charge in [0.2, 0.25) is 0 Å². The van der Waals surface area contributed by atoms with Crippen LogP contribution in [0.5, 0.6) is 0 Å². The highest BCUT2D eigenvalue weighted by molar-refractivity contribution is 5.69. The van der Waals surface area contributed by atoms with Gasteiger partial charge in [0.25, 0.3) is 0 Å². The second kappa shape index (κ2) is 11.5. The minimum absolute atomic E-state index is 0.0254. The number of fused-ring (bicyclic) bond motifs is 1. The predicted molar refractivity (Wildman–Crippen MR) is 105 cm³/mol. The molecule has 0 aromatic heterocycles. The van der Waals surface area contributed by atoms with Gasteiger partial charge in [-0.15, -0.1) is 0 Å². The van der Waals surface area contributed by atoms with Gasteiger partial charge in [0, 0.05) is 12.0 Å². The van der Waals surface area contributed by atoms with Crippen LogP contribution in [0.1, 0.15) is 88.9 Å². The van der Waals surface area contributed by atoms with Crippen LogP contribution in [0.4, 0.5) is 0 Å². The van der Waals surface area contributed by atoms with Gasteiger partial charge in [0.05, 0.1) is 18.8 Å². The number of cyclic esters (lactones) is 1. The van der Waals surface area contributed by atoms with Gasteiger partial charge in [0.1, 0.15) is 0 Å². The fourth-order valence-electron chi connectivity index (χ4n) is 4.00. The maximum atomic E-state index is 11.7. The van der Waals surface area contributed by atoms with Gasteiger partial charge < -0.3 is 14.2 Å². The lowest BCUT2D eigenvalue weighted by Gasteiger charge is -2.16. The average Bonchev–Trinajstić information content (AvgIpc) is 3.09. The second-order valence-electron chi connectivity index (χ2n) is 7.82. The number of rotatable bonds is 1. The molecule has 3 rings (SSSR count). The Kier molecular flexibility index (Phi) is 8.63. The van der Waals surface area contributed by atoms with E-state index in [-0.39, 0.29) is 24.5 Å². The van der Waals surface area contributed by atoms with E-state index in [0.717, 1.165) is 63.4 Å². The van der Waals surface area contributed by atoms with E-state index >= 15 is 0 Å². The van der Waals surface area contributed by atoms with Crippen molar-refractivity contribution in [3.8, 4) is 0 Å². The van der Waals surface area contributed by atoms with Crippen LogP contribution in [0, 0.1) is 0 Å². The van der Waals surface area contributed by atoms with E-state index in [4.69, 9.17) is 14.2 Å². The number of carbonyl (C=O) groups excluding carboxylic acids is 1. The highest BCUT2D eigenvalue weighted by Crippen LogP contribution is 2.35. The molecule has 3 atom stereocenters. The van der Waals surface area contributed by atoms with Crippen molar-refractivity contribution in [2.24, 2.45) is 0 Å². The SMILES string of the molecule is O=C1CCCCCCC[C@@H]2O[C@H](c3ccccc3)O[C@@H]2CCCCCCO1. The summed E-state index contributed by atoms with van der Waals surface area (Å²) in [6.07, 6.45) is 12.8. The third-order valence-corrected chi connectivity index (χ3v) is 5.60. The van der Waals surface area contributed by atoms with E-state index in [9.17, 15) is 4.79 Å². The fraction of sp³-hybridized carbons (Fsp3) is 0.696. The van der Waals surface area contributed by atoms with E-state index in [0.29, 0.717) is 13.0 Å². The Bertz CT molecular complexity index is 517. The van der Waals surface area contributed by atoms with E-state index in [2.05, 4.69) is 12.1 Å². The minimum Gasteiger partial charge on any atom is -0.466 e. The first kappa shape index (κ1) is 20.3. The highest BCUT2D eigenvalue weighted by atomic mass is 16.7. The van der Waals surface area contributed by atoms with Crippen molar-refractivity contribution in [1.82, 2.24) is 0 Å². The van der Waals surface area contributed by atoms with Gasteiger partial charge in [-0.2, -0.15) is 0 Å². The Morgan fingerprint density at radius 3 is 2.00 bits per heavy atom. The Morgan fingerprint density at radius 1 is 0.704 bits per heavy atom. The van der Waals surface area contributed by atoms with E-state index < -0.39 is 0 Å². The first-order valence-corrected chi connectivity index (χ1v) is 10.8. The molecule has 2 saturated heterocycles. The van der Waals surface area contributed by atoms with Crippen molar-refractivity contribution in [3.63, 3.8) is 0 Å². The van der Waals surface area contributed by atoms with Crippen LogP contribution in [0.25, 0.3) is 0 Å². The Morgan fingerprint density at radius 2 is 1.30 bits per heavy atom. The van der Waals surface area contributed by atoms with E-state index in [1.807, 2.05) is 18.2 Å². The molecule has 0 radical (unpaired) electrons. The summed E-state index contributed by atoms with van der Waals surface area (Å²) in [5.74, 6) is -0.0254. The van der Waals surface area contributed by atoms with Crippen molar-refractivity contribution < 1.29 is 19.0 Å². The van der Waals surface area contributed by atoms with E-state index in [1.54, 1.807) is 0 Å². The summed E-state index contributed by atoms with van der Waals surface area (Å²) in [7, 11) is 0. The molecule has 0 spiro atoms. The van der Waals surface area contributed by atoms with Crippen LogP contribution in [-0.4, -0.2) is 24.8 Å². The second-order valence-corrected chi connectivity index (χ2v) is 7.82. The summed E-state index contributed by atoms with van der Waals surface area (Å²) >= 11 is 0. The number of hydrogen-bond acceptors (Lipinski definition) is 4. The number of benzene rings is 1. The van der Waals surface area contributed by atoms with Gasteiger partial charge in [-0.05, 0) is 25.7 Å². The number of carbonyl (C=O) groups is 1. The molecule has 27 heavy (non-hydrogen) atoms. The van der Waals surface area contributed by atoms with Crippen molar-refractivity contribution >= 4 is 5.97 Å². The summed E-state index contributed by atoms with van der Waals surface area (Å²) in [5, 5.41) is 0. The number of esters is 1. The van der Waals surface area contributed by atoms with Crippen LogP contribution in [-0.2, 0) is 19.0 Å². The van der Waals surface area contributed by atoms with Crippen molar-refractivity contribution in [1.29, 1.82) is 0 Å². The molecule has 0 bridgehead atoms. The highest BCUT2D eigenvalue weighted by Gasteiger charge is 2.35. The molecule has 4 heteroatoms. The van der Waals surface area contributed by atoms with Crippen molar-refractivity contribution in [3.05, 3.63) is 35.9 Å². The van der Waals surface area contributed by atoms with Gasteiger partial charge in [-0.3, -0.25) is 4.79 Å². The third kappa shape index (κ3) is 6.93. The van der Waals surface area contributed by atoms with Crippen LogP contribution in [0.2, 0.25) is 0 Å². The molecule has 1 aromatic rings. The van der Waals surface area contributed by atoms with Gasteiger partial charge >= 0.3 is 5.97 Å².